The summed E-state index contributed by atoms with van der Waals surface area (Å²) in [5.41, 5.74) is 1.49. The summed E-state index contributed by atoms with van der Waals surface area (Å²) in [6, 6.07) is 9.06. The summed E-state index contributed by atoms with van der Waals surface area (Å²) in [6.07, 6.45) is 4.24. The predicted molar refractivity (Wildman–Crippen MR) is 93.3 cm³/mol. The number of hydrogen-bond donors (Lipinski definition) is 2. The van der Waals surface area contributed by atoms with E-state index in [0.717, 1.165) is 30.0 Å². The van der Waals surface area contributed by atoms with Crippen molar-refractivity contribution >= 4 is 32.6 Å². The van der Waals surface area contributed by atoms with Gasteiger partial charge in [0.2, 0.25) is 10.0 Å². The first-order valence-electron chi connectivity index (χ1n) is 7.79. The van der Waals surface area contributed by atoms with Gasteiger partial charge in [0, 0.05) is 24.5 Å². The number of urea groups is 1. The van der Waals surface area contributed by atoms with Gasteiger partial charge in [-0.2, -0.15) is 0 Å². The van der Waals surface area contributed by atoms with Crippen molar-refractivity contribution in [1.82, 2.24) is 14.6 Å². The van der Waals surface area contributed by atoms with Crippen molar-refractivity contribution in [3.05, 3.63) is 36.5 Å². The molecule has 1 aliphatic rings. The average Bonchev–Trinajstić information content (AvgIpc) is 2.53. The first-order valence-corrected chi connectivity index (χ1v) is 9.68. The molecule has 0 radical (unpaired) electrons. The zero-order valence-electron chi connectivity index (χ0n) is 13.4. The quantitative estimate of drug-likeness (QED) is 0.884. The van der Waals surface area contributed by atoms with E-state index in [1.54, 1.807) is 11.1 Å². The molecule has 0 saturated carbocycles. The molecule has 8 heteroatoms. The van der Waals surface area contributed by atoms with Crippen LogP contribution in [-0.4, -0.2) is 49.7 Å². The third-order valence-corrected chi connectivity index (χ3v) is 4.69. The fourth-order valence-corrected chi connectivity index (χ4v) is 3.70. The molecule has 1 aromatic carbocycles. The molecule has 2 heterocycles. The van der Waals surface area contributed by atoms with E-state index < -0.39 is 10.0 Å². The van der Waals surface area contributed by atoms with E-state index in [2.05, 4.69) is 15.0 Å². The van der Waals surface area contributed by atoms with Crippen molar-refractivity contribution in [1.29, 1.82) is 0 Å². The van der Waals surface area contributed by atoms with E-state index in [0.29, 0.717) is 18.8 Å². The van der Waals surface area contributed by atoms with Crippen molar-refractivity contribution in [2.24, 2.45) is 0 Å². The van der Waals surface area contributed by atoms with Gasteiger partial charge in [0.25, 0.3) is 0 Å². The highest BCUT2D eigenvalue weighted by molar-refractivity contribution is 7.88. The summed E-state index contributed by atoms with van der Waals surface area (Å²) in [5.74, 6) is 0. The third-order valence-electron chi connectivity index (χ3n) is 3.93. The normalized spacial score (nSPS) is 18.5. The standard InChI is InChI=1S/C16H20N4O3S/c1-24(22,23)19-13-6-4-8-20(11-13)16(21)18-14-9-12-5-2-3-7-15(12)17-10-14/h2-3,5,7,9-10,13,19H,4,6,8,11H2,1H3,(H,18,21)/t13-/m0/s1. The van der Waals surface area contributed by atoms with Crippen LogP contribution in [0.2, 0.25) is 0 Å². The minimum Gasteiger partial charge on any atom is -0.323 e. The van der Waals surface area contributed by atoms with Crippen LogP contribution in [-0.2, 0) is 10.0 Å². The highest BCUT2D eigenvalue weighted by atomic mass is 32.2. The maximum Gasteiger partial charge on any atom is 0.321 e. The second-order valence-electron chi connectivity index (χ2n) is 6.02. The van der Waals surface area contributed by atoms with Gasteiger partial charge in [0.1, 0.15) is 0 Å². The smallest absolute Gasteiger partial charge is 0.321 e. The van der Waals surface area contributed by atoms with Crippen LogP contribution in [0.4, 0.5) is 10.5 Å². The largest absolute Gasteiger partial charge is 0.323 e. The first kappa shape index (κ1) is 16.7. The number of nitrogens with one attached hydrogen (secondary N) is 2. The van der Waals surface area contributed by atoms with E-state index in [9.17, 15) is 13.2 Å². The van der Waals surface area contributed by atoms with Crippen molar-refractivity contribution < 1.29 is 13.2 Å². The number of aromatic nitrogens is 1. The number of hydrogen-bond acceptors (Lipinski definition) is 4. The van der Waals surface area contributed by atoms with Crippen LogP contribution in [0.15, 0.2) is 36.5 Å². The lowest BCUT2D eigenvalue weighted by molar-refractivity contribution is 0.190. The van der Waals surface area contributed by atoms with Crippen LogP contribution in [0.3, 0.4) is 0 Å². The molecule has 3 rings (SSSR count). The van der Waals surface area contributed by atoms with Gasteiger partial charge in [-0.15, -0.1) is 0 Å². The summed E-state index contributed by atoms with van der Waals surface area (Å²) < 4.78 is 25.3. The molecule has 0 aliphatic carbocycles. The van der Waals surface area contributed by atoms with Crippen LogP contribution >= 0.6 is 0 Å². The van der Waals surface area contributed by atoms with Gasteiger partial charge in [0.15, 0.2) is 0 Å². The first-order chi connectivity index (χ1) is 11.4. The molecule has 2 N–H and O–H groups in total. The molecule has 2 aromatic rings. The van der Waals surface area contributed by atoms with Crippen LogP contribution in [0.5, 0.6) is 0 Å². The summed E-state index contributed by atoms with van der Waals surface area (Å²) in [6.45, 7) is 0.967. The zero-order valence-corrected chi connectivity index (χ0v) is 14.2. The van der Waals surface area contributed by atoms with Crippen molar-refractivity contribution in [3.63, 3.8) is 0 Å². The number of para-hydroxylation sites is 1. The topological polar surface area (TPSA) is 91.4 Å². The molecule has 1 saturated heterocycles. The second-order valence-corrected chi connectivity index (χ2v) is 7.80. The number of pyridine rings is 1. The van der Waals surface area contributed by atoms with Crippen LogP contribution in [0.25, 0.3) is 10.9 Å². The molecule has 1 aromatic heterocycles. The Bertz CT molecular complexity index is 853. The molecule has 1 aliphatic heterocycles. The molecule has 1 atom stereocenters. The molecule has 24 heavy (non-hydrogen) atoms. The Hall–Kier alpha value is -2.19. The van der Waals surface area contributed by atoms with Gasteiger partial charge in [-0.3, -0.25) is 4.98 Å². The number of nitrogens with zero attached hydrogens (tertiary/aromatic N) is 2. The van der Waals surface area contributed by atoms with E-state index in [1.807, 2.05) is 30.3 Å². The number of piperidine rings is 1. The SMILES string of the molecule is CS(=O)(=O)N[C@H]1CCCN(C(=O)Nc2cnc3ccccc3c2)C1. The molecule has 128 valence electrons. The van der Waals surface area contributed by atoms with Crippen molar-refractivity contribution in [2.45, 2.75) is 18.9 Å². The lowest BCUT2D eigenvalue weighted by Gasteiger charge is -2.32. The molecule has 0 unspecified atom stereocenters. The van der Waals surface area contributed by atoms with Crippen LogP contribution in [0, 0.1) is 0 Å². The molecule has 7 nitrogen and oxygen atoms in total. The summed E-state index contributed by atoms with van der Waals surface area (Å²) >= 11 is 0. The molecule has 2 amide bonds. The Labute approximate surface area is 141 Å². The average molecular weight is 348 g/mol. The Morgan fingerprint density at radius 3 is 2.92 bits per heavy atom. The maximum absolute atomic E-state index is 12.4. The van der Waals surface area contributed by atoms with Gasteiger partial charge in [0.05, 0.1) is 23.7 Å². The van der Waals surface area contributed by atoms with E-state index in [4.69, 9.17) is 0 Å². The number of rotatable bonds is 3. The van der Waals surface area contributed by atoms with Gasteiger partial charge in [-0.05, 0) is 25.0 Å². The Balaban J connectivity index is 1.67. The summed E-state index contributed by atoms with van der Waals surface area (Å²) in [7, 11) is -3.27. The Morgan fingerprint density at radius 2 is 2.12 bits per heavy atom. The number of benzene rings is 1. The lowest BCUT2D eigenvalue weighted by Crippen LogP contribution is -2.50. The number of carbonyl (C=O) groups excluding carboxylic acids is 1. The second kappa shape index (κ2) is 6.74. The highest BCUT2D eigenvalue weighted by Crippen LogP contribution is 2.17. The third kappa shape index (κ3) is 4.21. The monoisotopic (exact) mass is 348 g/mol. The fourth-order valence-electron chi connectivity index (χ4n) is 2.90. The lowest BCUT2D eigenvalue weighted by atomic mass is 10.1. The number of amides is 2. The van der Waals surface area contributed by atoms with Gasteiger partial charge >= 0.3 is 6.03 Å². The Morgan fingerprint density at radius 1 is 1.33 bits per heavy atom. The van der Waals surface area contributed by atoms with Crippen molar-refractivity contribution in [3.8, 4) is 0 Å². The number of anilines is 1. The highest BCUT2D eigenvalue weighted by Gasteiger charge is 2.25. The zero-order chi connectivity index (χ0) is 17.2. The number of fused-ring (bicyclic) bond motifs is 1. The minimum absolute atomic E-state index is 0.241. The fraction of sp³-hybridized carbons (Fsp3) is 0.375. The van der Waals surface area contributed by atoms with E-state index >= 15 is 0 Å². The molecular weight excluding hydrogens is 328 g/mol. The number of likely N-dealkylation sites (tertiary alicyclic amines) is 1. The van der Waals surface area contributed by atoms with Crippen molar-refractivity contribution in [2.75, 3.05) is 24.7 Å². The van der Waals surface area contributed by atoms with Crippen LogP contribution < -0.4 is 10.0 Å². The van der Waals surface area contributed by atoms with Gasteiger partial charge < -0.3 is 10.2 Å². The molecular formula is C16H20N4O3S. The molecule has 1 fully saturated rings. The number of sulfonamides is 1. The minimum atomic E-state index is -3.27. The predicted octanol–water partition coefficient (Wildman–Crippen LogP) is 1.78. The Kier molecular flexibility index (Phi) is 4.68. The summed E-state index contributed by atoms with van der Waals surface area (Å²) in [4.78, 5) is 18.4. The molecule has 0 bridgehead atoms. The van der Waals surface area contributed by atoms with Crippen LogP contribution in [0.1, 0.15) is 12.8 Å². The van der Waals surface area contributed by atoms with E-state index in [1.165, 1.54) is 0 Å². The molecule has 0 spiro atoms. The van der Waals surface area contributed by atoms with Gasteiger partial charge in [-0.1, -0.05) is 18.2 Å². The number of carbonyl (C=O) groups is 1. The van der Waals surface area contributed by atoms with E-state index in [-0.39, 0.29) is 12.1 Å². The van der Waals surface area contributed by atoms with Gasteiger partial charge in [-0.25, -0.2) is 17.9 Å². The maximum atomic E-state index is 12.4. The summed E-state index contributed by atoms with van der Waals surface area (Å²) in [5, 5.41) is 3.78.